The van der Waals surface area contributed by atoms with Crippen molar-refractivity contribution in [2.24, 2.45) is 10.9 Å². The highest BCUT2D eigenvalue weighted by molar-refractivity contribution is 9.10. The van der Waals surface area contributed by atoms with E-state index in [-0.39, 0.29) is 30.3 Å². The summed E-state index contributed by atoms with van der Waals surface area (Å²) >= 11 is 3.21. The number of nitrogens with one attached hydrogen (secondary N) is 1. The number of hydroxylamine groups is 1. The van der Waals surface area contributed by atoms with E-state index in [1.807, 2.05) is 13.8 Å². The summed E-state index contributed by atoms with van der Waals surface area (Å²) in [5.41, 5.74) is -0.297. The van der Waals surface area contributed by atoms with Gasteiger partial charge in [-0.05, 0) is 25.0 Å². The summed E-state index contributed by atoms with van der Waals surface area (Å²) in [5, 5.41) is 14.2. The number of likely N-dealkylation sites (tertiary alicyclic amines) is 1. The lowest BCUT2D eigenvalue weighted by Crippen LogP contribution is -2.47. The van der Waals surface area contributed by atoms with Crippen LogP contribution in [0.25, 0.3) is 0 Å². The molecule has 1 fully saturated rings. The minimum atomic E-state index is -4.89. The summed E-state index contributed by atoms with van der Waals surface area (Å²) in [6.45, 7) is 5.33. The Kier molecular flexibility index (Phi) is 6.51. The van der Waals surface area contributed by atoms with Crippen LogP contribution in [0.15, 0.2) is 44.3 Å². The van der Waals surface area contributed by atoms with Crippen LogP contribution in [0.3, 0.4) is 0 Å². The summed E-state index contributed by atoms with van der Waals surface area (Å²) in [7, 11) is 0. The van der Waals surface area contributed by atoms with Crippen molar-refractivity contribution in [1.82, 2.24) is 15.5 Å². The predicted molar refractivity (Wildman–Crippen MR) is 118 cm³/mol. The minimum absolute atomic E-state index is 0.00938. The van der Waals surface area contributed by atoms with Crippen LogP contribution in [-0.4, -0.2) is 51.8 Å². The van der Waals surface area contributed by atoms with Gasteiger partial charge in [-0.2, -0.15) is 13.2 Å². The van der Waals surface area contributed by atoms with Crippen molar-refractivity contribution in [1.29, 1.82) is 0 Å². The van der Waals surface area contributed by atoms with Crippen molar-refractivity contribution in [3.63, 3.8) is 0 Å². The Labute approximate surface area is 202 Å². The van der Waals surface area contributed by atoms with Crippen LogP contribution in [0.2, 0.25) is 0 Å². The molecule has 3 heterocycles. The normalized spacial score (nSPS) is 26.0. The average Bonchev–Trinajstić information content (AvgIpc) is 3.46. The molecule has 0 spiro atoms. The van der Waals surface area contributed by atoms with Crippen LogP contribution in [0.5, 0.6) is 0 Å². The highest BCUT2D eigenvalue weighted by Gasteiger charge is 2.62. The number of β-amino-alcohol motifs (C(OH)–C–C–N with tert-alkyl or cyclic N) is 1. The number of aliphatic hydroxyl groups is 1. The molecule has 1 unspecified atom stereocenters. The Balaban J connectivity index is 1.70. The second-order valence-corrected chi connectivity index (χ2v) is 9.75. The van der Waals surface area contributed by atoms with E-state index in [4.69, 9.17) is 9.36 Å². The van der Waals surface area contributed by atoms with Gasteiger partial charge < -0.3 is 14.5 Å². The quantitative estimate of drug-likeness (QED) is 0.593. The number of aliphatic hydroxyl groups excluding tert-OH is 1. The number of rotatable bonds is 5. The molecule has 4 rings (SSSR count). The van der Waals surface area contributed by atoms with E-state index in [2.05, 4.69) is 31.6 Å². The lowest BCUT2D eigenvalue weighted by atomic mass is 9.91. The first-order valence-corrected chi connectivity index (χ1v) is 11.5. The Morgan fingerprint density at radius 2 is 2.00 bits per heavy atom. The van der Waals surface area contributed by atoms with Crippen molar-refractivity contribution >= 4 is 27.7 Å². The number of hydrogen-bond donors (Lipinski definition) is 2. The molecule has 2 aliphatic heterocycles. The number of carbonyl (C=O) groups excluding carboxylic acids is 1. The van der Waals surface area contributed by atoms with Gasteiger partial charge in [0.1, 0.15) is 17.5 Å². The monoisotopic (exact) mass is 544 g/mol. The smallest absolute Gasteiger partial charge is 0.391 e. The fourth-order valence-corrected chi connectivity index (χ4v) is 4.59. The fraction of sp³-hybridized carbons (Fsp3) is 0.500. The number of aliphatic imine (C=N–C) groups is 1. The molecule has 0 aliphatic carbocycles. The van der Waals surface area contributed by atoms with Gasteiger partial charge >= 0.3 is 11.9 Å². The van der Waals surface area contributed by atoms with E-state index in [1.54, 1.807) is 13.0 Å². The highest BCUT2D eigenvalue weighted by atomic mass is 79.9. The van der Waals surface area contributed by atoms with Gasteiger partial charge in [-0.1, -0.05) is 47.1 Å². The highest BCUT2D eigenvalue weighted by Crippen LogP contribution is 2.46. The van der Waals surface area contributed by atoms with Gasteiger partial charge in [-0.3, -0.25) is 4.79 Å². The van der Waals surface area contributed by atoms with E-state index in [9.17, 15) is 23.1 Å². The molecular formula is C22H24BrF3N4O4. The van der Waals surface area contributed by atoms with Gasteiger partial charge in [-0.15, -0.1) is 0 Å². The molecule has 0 radical (unpaired) electrons. The van der Waals surface area contributed by atoms with Crippen molar-refractivity contribution in [3.05, 3.63) is 51.8 Å². The maximum absolute atomic E-state index is 14.2. The van der Waals surface area contributed by atoms with Gasteiger partial charge in [0.25, 0.3) is 0 Å². The van der Waals surface area contributed by atoms with Crippen LogP contribution >= 0.6 is 15.9 Å². The second-order valence-electron chi connectivity index (χ2n) is 8.84. The summed E-state index contributed by atoms with van der Waals surface area (Å²) in [4.78, 5) is 23.9. The first-order chi connectivity index (χ1) is 15.9. The van der Waals surface area contributed by atoms with Crippen molar-refractivity contribution in [2.75, 3.05) is 6.54 Å². The Morgan fingerprint density at radius 1 is 1.32 bits per heavy atom. The van der Waals surface area contributed by atoms with Crippen molar-refractivity contribution in [3.8, 4) is 0 Å². The van der Waals surface area contributed by atoms with E-state index in [1.165, 1.54) is 29.2 Å². The molecule has 0 bridgehead atoms. The number of alkyl halides is 3. The number of amidine groups is 1. The van der Waals surface area contributed by atoms with Gasteiger partial charge in [-0.25, -0.2) is 15.3 Å². The molecule has 0 saturated carbocycles. The molecular weight excluding hydrogens is 521 g/mol. The average molecular weight is 545 g/mol. The minimum Gasteiger partial charge on any atom is -0.391 e. The first-order valence-electron chi connectivity index (χ1n) is 10.7. The summed E-state index contributed by atoms with van der Waals surface area (Å²) in [6.07, 6.45) is -5.81. The molecule has 12 heteroatoms. The summed E-state index contributed by atoms with van der Waals surface area (Å²) < 4.78 is 48.6. The fourth-order valence-electron chi connectivity index (χ4n) is 4.33. The first kappa shape index (κ1) is 24.7. The van der Waals surface area contributed by atoms with Crippen LogP contribution in [0.1, 0.15) is 43.2 Å². The van der Waals surface area contributed by atoms with Gasteiger partial charge in [0.15, 0.2) is 0 Å². The second kappa shape index (κ2) is 8.97. The number of halogens is 4. The third-order valence-electron chi connectivity index (χ3n) is 5.96. The van der Waals surface area contributed by atoms with E-state index >= 15 is 0 Å². The van der Waals surface area contributed by atoms with Gasteiger partial charge in [0.05, 0.1) is 17.8 Å². The Hall–Kier alpha value is -2.44. The van der Waals surface area contributed by atoms with Gasteiger partial charge in [0.2, 0.25) is 5.91 Å². The Morgan fingerprint density at radius 3 is 2.56 bits per heavy atom. The molecule has 4 atom stereocenters. The molecule has 1 aromatic carbocycles. The number of amides is 1. The van der Waals surface area contributed by atoms with Crippen molar-refractivity contribution < 1.29 is 32.4 Å². The largest absolute Gasteiger partial charge is 0.445 e. The third-order valence-corrected chi connectivity index (χ3v) is 6.49. The standard InChI is InChI=1S/C22H24BrF3N4O4/c1-11(2)18(17-8-12(3)28-33-17)20(32)30-10-15(31)9-16(30)19-27-21(34-29-19,22(24,25)26)13-4-6-14(23)7-5-13/h4-8,11,15-16,18,31H,9-10H2,1-3H3,(H,27,29)/t15-,16+,18+,21?/m1/s1. The molecule has 2 N–H and O–H groups in total. The van der Waals surface area contributed by atoms with E-state index in [0.29, 0.717) is 15.9 Å². The maximum Gasteiger partial charge on any atom is 0.445 e. The van der Waals surface area contributed by atoms with Crippen molar-refractivity contribution in [2.45, 2.75) is 57.2 Å². The molecule has 1 amide bonds. The van der Waals surface area contributed by atoms with E-state index in [0.717, 1.165) is 0 Å². The molecule has 2 aromatic rings. The lowest BCUT2D eigenvalue weighted by Gasteiger charge is -2.29. The zero-order valence-corrected chi connectivity index (χ0v) is 20.2. The zero-order valence-electron chi connectivity index (χ0n) is 18.6. The molecule has 2 aliphatic rings. The summed E-state index contributed by atoms with van der Waals surface area (Å²) in [6, 6.07) is 6.16. The number of carbonyl (C=O) groups is 1. The maximum atomic E-state index is 14.2. The lowest BCUT2D eigenvalue weighted by molar-refractivity contribution is -0.285. The van der Waals surface area contributed by atoms with Crippen LogP contribution in [-0.2, 0) is 15.4 Å². The number of benzene rings is 1. The third kappa shape index (κ3) is 4.34. The molecule has 1 saturated heterocycles. The Bertz CT molecular complexity index is 1090. The number of nitrogens with zero attached hydrogens (tertiary/aromatic N) is 3. The molecule has 1 aromatic heterocycles. The SMILES string of the molecule is Cc1cc([C@@H](C(=O)N2C[C@H](O)C[C@H]2C2=NC(c3ccc(Br)cc3)(C(F)(F)F)ON2)C(C)C)on1. The van der Waals surface area contributed by atoms with Crippen LogP contribution in [0, 0.1) is 12.8 Å². The van der Waals surface area contributed by atoms with Crippen LogP contribution < -0.4 is 5.48 Å². The molecule has 184 valence electrons. The zero-order chi connectivity index (χ0) is 24.8. The summed E-state index contributed by atoms with van der Waals surface area (Å²) in [5.74, 6) is -1.14. The number of aromatic nitrogens is 1. The number of aryl methyl sites for hydroxylation is 1. The molecule has 34 heavy (non-hydrogen) atoms. The molecule has 8 nitrogen and oxygen atoms in total. The topological polar surface area (TPSA) is 100 Å². The predicted octanol–water partition coefficient (Wildman–Crippen LogP) is 3.80. The van der Waals surface area contributed by atoms with E-state index < -0.39 is 35.9 Å². The number of hydrogen-bond acceptors (Lipinski definition) is 7. The van der Waals surface area contributed by atoms with Gasteiger partial charge in [0, 0.05) is 29.1 Å². The van der Waals surface area contributed by atoms with Crippen LogP contribution in [0.4, 0.5) is 13.2 Å².